The summed E-state index contributed by atoms with van der Waals surface area (Å²) >= 11 is 0. The summed E-state index contributed by atoms with van der Waals surface area (Å²) in [5.74, 6) is -0.589. The molecule has 0 aliphatic rings. The molecule has 11 heteroatoms. The van der Waals surface area contributed by atoms with Gasteiger partial charge in [-0.2, -0.15) is 26.3 Å². The number of hydrogen-bond acceptors (Lipinski definition) is 4. The minimum absolute atomic E-state index is 0.00531. The summed E-state index contributed by atoms with van der Waals surface area (Å²) in [6.45, 7) is 1.32. The smallest absolute Gasteiger partial charge is 0.287 e. The van der Waals surface area contributed by atoms with Gasteiger partial charge in [0.05, 0.1) is 22.5 Å². The lowest BCUT2D eigenvalue weighted by Gasteiger charge is -2.14. The maximum atomic E-state index is 13.0. The maximum absolute atomic E-state index is 13.0. The highest BCUT2D eigenvalue weighted by Crippen LogP contribution is 2.37. The highest BCUT2D eigenvalue weighted by atomic mass is 19.4. The van der Waals surface area contributed by atoms with Crippen LogP contribution in [0.25, 0.3) is 5.69 Å². The van der Waals surface area contributed by atoms with Gasteiger partial charge >= 0.3 is 12.4 Å². The molecule has 5 nitrogen and oxygen atoms in total. The van der Waals surface area contributed by atoms with Gasteiger partial charge in [-0.05, 0) is 37.3 Å². The molecule has 2 heterocycles. The Bertz CT molecular complexity index is 992. The molecule has 0 aliphatic carbocycles. The van der Waals surface area contributed by atoms with E-state index in [0.29, 0.717) is 12.1 Å². The van der Waals surface area contributed by atoms with E-state index in [0.717, 1.165) is 4.68 Å². The van der Waals surface area contributed by atoms with Crippen molar-refractivity contribution in [2.24, 2.45) is 0 Å². The Labute approximate surface area is 153 Å². The van der Waals surface area contributed by atoms with Crippen molar-refractivity contribution in [3.8, 4) is 5.69 Å². The summed E-state index contributed by atoms with van der Waals surface area (Å²) in [4.78, 5) is 16.2. The highest BCUT2D eigenvalue weighted by Gasteiger charge is 2.37. The summed E-state index contributed by atoms with van der Waals surface area (Å²) in [6, 6.07) is 3.83. The lowest BCUT2D eigenvalue weighted by Crippen LogP contribution is -2.13. The number of hydrogen-bond donors (Lipinski definition) is 0. The molecule has 0 saturated carbocycles. The number of alkyl halides is 6. The van der Waals surface area contributed by atoms with Gasteiger partial charge in [-0.25, -0.2) is 4.68 Å². The molecule has 0 N–H and O–H groups in total. The topological polar surface area (TPSA) is 60.7 Å². The van der Waals surface area contributed by atoms with Crippen molar-refractivity contribution >= 4 is 5.78 Å². The van der Waals surface area contributed by atoms with Gasteiger partial charge in [-0.1, -0.05) is 5.21 Å². The fourth-order valence-corrected chi connectivity index (χ4v) is 2.48. The van der Waals surface area contributed by atoms with Crippen molar-refractivity contribution in [1.29, 1.82) is 0 Å². The van der Waals surface area contributed by atoms with Gasteiger partial charge in [-0.15, -0.1) is 5.10 Å². The average molecular weight is 400 g/mol. The summed E-state index contributed by atoms with van der Waals surface area (Å²) in [7, 11) is 0. The van der Waals surface area contributed by atoms with Gasteiger partial charge in [0.25, 0.3) is 0 Å². The molecule has 0 saturated heterocycles. The molecule has 0 spiro atoms. The number of ketones is 1. The highest BCUT2D eigenvalue weighted by molar-refractivity contribution is 6.08. The number of benzene rings is 1. The summed E-state index contributed by atoms with van der Waals surface area (Å²) in [5.41, 5.74) is -3.50. The Hall–Kier alpha value is -3.24. The standard InChI is InChI=1S/C17H10F6N4O/c1-9-14(15(28)10-2-4-24-5-3-10)25-26-27(9)13-7-11(16(18,19)20)6-12(8-13)17(21,22)23/h2-8H,1H3. The quantitative estimate of drug-likeness (QED) is 0.488. The molecule has 2 aromatic heterocycles. The van der Waals surface area contributed by atoms with Crippen LogP contribution >= 0.6 is 0 Å². The molecule has 3 rings (SSSR count). The monoisotopic (exact) mass is 400 g/mol. The van der Waals surface area contributed by atoms with Gasteiger partial charge in [0.15, 0.2) is 5.69 Å². The molecule has 3 aromatic rings. The van der Waals surface area contributed by atoms with Crippen molar-refractivity contribution in [3.05, 3.63) is 70.8 Å². The molecule has 146 valence electrons. The first-order valence-electron chi connectivity index (χ1n) is 7.65. The second-order valence-electron chi connectivity index (χ2n) is 5.76. The molecule has 28 heavy (non-hydrogen) atoms. The fraction of sp³-hybridized carbons (Fsp3) is 0.176. The van der Waals surface area contributed by atoms with E-state index in [-0.39, 0.29) is 23.0 Å². The first-order chi connectivity index (χ1) is 13.0. The third kappa shape index (κ3) is 3.73. The van der Waals surface area contributed by atoms with Gasteiger partial charge in [0.2, 0.25) is 5.78 Å². The number of aromatic nitrogens is 4. The first-order valence-corrected chi connectivity index (χ1v) is 7.65. The predicted octanol–water partition coefficient (Wildman–Crippen LogP) is 4.24. The van der Waals surface area contributed by atoms with Crippen molar-refractivity contribution in [2.45, 2.75) is 19.3 Å². The molecule has 0 aliphatic heterocycles. The molecular weight excluding hydrogens is 390 g/mol. The largest absolute Gasteiger partial charge is 0.416 e. The van der Waals surface area contributed by atoms with E-state index >= 15 is 0 Å². The SMILES string of the molecule is Cc1c(C(=O)c2ccncc2)nnn1-c1cc(C(F)(F)F)cc(C(F)(F)F)c1. The number of pyridine rings is 1. The number of halogens is 6. The minimum Gasteiger partial charge on any atom is -0.287 e. The average Bonchev–Trinajstić information content (AvgIpc) is 3.01. The zero-order valence-electron chi connectivity index (χ0n) is 14.0. The van der Waals surface area contributed by atoms with Crippen LogP contribution in [0.4, 0.5) is 26.3 Å². The normalized spacial score (nSPS) is 12.2. The Morgan fingerprint density at radius 1 is 0.929 bits per heavy atom. The van der Waals surface area contributed by atoms with Crippen LogP contribution in [0.3, 0.4) is 0 Å². The molecule has 0 amide bonds. The van der Waals surface area contributed by atoms with Gasteiger partial charge in [-0.3, -0.25) is 9.78 Å². The Morgan fingerprint density at radius 2 is 1.46 bits per heavy atom. The molecule has 0 atom stereocenters. The van der Waals surface area contributed by atoms with Gasteiger partial charge in [0, 0.05) is 18.0 Å². The Morgan fingerprint density at radius 3 is 1.96 bits per heavy atom. The molecule has 0 unspecified atom stereocenters. The Kier molecular flexibility index (Phi) is 4.69. The molecule has 0 fully saturated rings. The van der Waals surface area contributed by atoms with E-state index in [1.165, 1.54) is 31.5 Å². The zero-order chi connectivity index (χ0) is 20.7. The van der Waals surface area contributed by atoms with E-state index in [1.54, 1.807) is 0 Å². The van der Waals surface area contributed by atoms with Crippen molar-refractivity contribution < 1.29 is 31.1 Å². The third-order valence-electron chi connectivity index (χ3n) is 3.87. The van der Waals surface area contributed by atoms with E-state index in [4.69, 9.17) is 0 Å². The van der Waals surface area contributed by atoms with Crippen molar-refractivity contribution in [3.63, 3.8) is 0 Å². The molecule has 0 radical (unpaired) electrons. The van der Waals surface area contributed by atoms with E-state index < -0.39 is 35.0 Å². The molecule has 1 aromatic carbocycles. The van der Waals surface area contributed by atoms with Crippen LogP contribution in [-0.4, -0.2) is 25.8 Å². The van der Waals surface area contributed by atoms with E-state index in [2.05, 4.69) is 15.3 Å². The van der Waals surface area contributed by atoms with Crippen molar-refractivity contribution in [2.75, 3.05) is 0 Å². The second-order valence-corrected chi connectivity index (χ2v) is 5.76. The van der Waals surface area contributed by atoms with Crippen LogP contribution in [-0.2, 0) is 12.4 Å². The number of nitrogens with zero attached hydrogens (tertiary/aromatic N) is 4. The molecule has 0 bridgehead atoms. The van der Waals surface area contributed by atoms with Crippen LogP contribution in [0.15, 0.2) is 42.7 Å². The zero-order valence-corrected chi connectivity index (χ0v) is 14.0. The Balaban J connectivity index is 2.12. The third-order valence-corrected chi connectivity index (χ3v) is 3.87. The van der Waals surface area contributed by atoms with Crippen LogP contribution < -0.4 is 0 Å². The van der Waals surface area contributed by atoms with E-state index in [9.17, 15) is 31.1 Å². The van der Waals surface area contributed by atoms with E-state index in [1.807, 2.05) is 0 Å². The minimum atomic E-state index is -5.00. The number of rotatable bonds is 3. The maximum Gasteiger partial charge on any atom is 0.416 e. The summed E-state index contributed by atoms with van der Waals surface area (Å²) < 4.78 is 79.0. The molecular formula is C17H10F6N4O. The van der Waals surface area contributed by atoms with Crippen LogP contribution in [0, 0.1) is 6.92 Å². The van der Waals surface area contributed by atoms with Crippen LogP contribution in [0.5, 0.6) is 0 Å². The van der Waals surface area contributed by atoms with Gasteiger partial charge < -0.3 is 0 Å². The second kappa shape index (κ2) is 6.73. The lowest BCUT2D eigenvalue weighted by molar-refractivity contribution is -0.143. The van der Waals surface area contributed by atoms with Crippen molar-refractivity contribution in [1.82, 2.24) is 20.0 Å². The van der Waals surface area contributed by atoms with Crippen LogP contribution in [0.2, 0.25) is 0 Å². The predicted molar refractivity (Wildman–Crippen MR) is 83.8 cm³/mol. The fourth-order valence-electron chi connectivity index (χ4n) is 2.48. The summed E-state index contributed by atoms with van der Waals surface area (Å²) in [5, 5.41) is 7.21. The van der Waals surface area contributed by atoms with Crippen LogP contribution in [0.1, 0.15) is 32.9 Å². The lowest BCUT2D eigenvalue weighted by atomic mass is 10.1. The number of carbonyl (C=O) groups excluding carboxylic acids is 1. The summed E-state index contributed by atoms with van der Waals surface area (Å²) in [6.07, 6.45) is -7.29. The number of carbonyl (C=O) groups is 1. The first kappa shape index (κ1) is 19.5. The van der Waals surface area contributed by atoms with Gasteiger partial charge in [0.1, 0.15) is 0 Å².